The van der Waals surface area contributed by atoms with Crippen LogP contribution in [0.3, 0.4) is 0 Å². The van der Waals surface area contributed by atoms with Crippen molar-refractivity contribution in [2.75, 3.05) is 11.1 Å². The first-order valence-corrected chi connectivity index (χ1v) is 6.17. The number of hydrogen-bond acceptors (Lipinski definition) is 3. The van der Waals surface area contributed by atoms with Gasteiger partial charge in [-0.25, -0.2) is 4.98 Å². The first kappa shape index (κ1) is 12.2. The summed E-state index contributed by atoms with van der Waals surface area (Å²) in [5.41, 5.74) is 8.08. The lowest BCUT2D eigenvalue weighted by atomic mass is 10.2. The highest BCUT2D eigenvalue weighted by atomic mass is 79.9. The van der Waals surface area contributed by atoms with Gasteiger partial charge in [0.1, 0.15) is 5.82 Å². The molecule has 1 aromatic carbocycles. The SMILES string of the molecule is Cc1cc(N)cnc1Nc1cc(Br)ccc1Cl. The van der Waals surface area contributed by atoms with Gasteiger partial charge in [-0.3, -0.25) is 0 Å². The number of aromatic nitrogens is 1. The number of nitrogens with zero attached hydrogens (tertiary/aromatic N) is 1. The monoisotopic (exact) mass is 311 g/mol. The zero-order chi connectivity index (χ0) is 12.4. The van der Waals surface area contributed by atoms with Crippen LogP contribution < -0.4 is 11.1 Å². The number of nitrogens with one attached hydrogen (secondary N) is 1. The van der Waals surface area contributed by atoms with Crippen molar-refractivity contribution in [3.8, 4) is 0 Å². The maximum absolute atomic E-state index is 6.09. The van der Waals surface area contributed by atoms with E-state index < -0.39 is 0 Å². The number of nitrogens with two attached hydrogens (primary N) is 1. The smallest absolute Gasteiger partial charge is 0.133 e. The highest BCUT2D eigenvalue weighted by molar-refractivity contribution is 9.10. The predicted molar refractivity (Wildman–Crippen MR) is 75.8 cm³/mol. The molecule has 0 unspecified atom stereocenters. The fourth-order valence-corrected chi connectivity index (χ4v) is 1.97. The molecule has 0 aliphatic heterocycles. The van der Waals surface area contributed by atoms with Crippen molar-refractivity contribution in [1.29, 1.82) is 0 Å². The van der Waals surface area contributed by atoms with Gasteiger partial charge in [-0.2, -0.15) is 0 Å². The van der Waals surface area contributed by atoms with Gasteiger partial charge in [0.2, 0.25) is 0 Å². The lowest BCUT2D eigenvalue weighted by Gasteiger charge is -2.10. The Hall–Kier alpha value is -1.26. The summed E-state index contributed by atoms with van der Waals surface area (Å²) in [7, 11) is 0. The number of halogens is 2. The van der Waals surface area contributed by atoms with Crippen molar-refractivity contribution < 1.29 is 0 Å². The number of nitrogen functional groups attached to an aromatic ring is 1. The number of hydrogen-bond donors (Lipinski definition) is 2. The van der Waals surface area contributed by atoms with Crippen LogP contribution in [0, 0.1) is 6.92 Å². The number of aryl methyl sites for hydroxylation is 1. The molecule has 5 heteroatoms. The van der Waals surface area contributed by atoms with Gasteiger partial charge >= 0.3 is 0 Å². The first-order chi connectivity index (χ1) is 8.06. The van der Waals surface area contributed by atoms with Gasteiger partial charge in [0.05, 0.1) is 22.6 Å². The van der Waals surface area contributed by atoms with Crippen molar-refractivity contribution in [3.05, 3.63) is 45.5 Å². The third-order valence-electron chi connectivity index (χ3n) is 2.28. The standard InChI is InChI=1S/C12H11BrClN3/c1-7-4-9(15)6-16-12(7)17-11-5-8(13)2-3-10(11)14/h2-6H,15H2,1H3,(H,16,17). The molecular weight excluding hydrogens is 302 g/mol. The van der Waals surface area contributed by atoms with E-state index in [9.17, 15) is 0 Å². The van der Waals surface area contributed by atoms with Gasteiger partial charge in [0, 0.05) is 4.47 Å². The third-order valence-corrected chi connectivity index (χ3v) is 3.10. The summed E-state index contributed by atoms with van der Waals surface area (Å²) in [6, 6.07) is 7.47. The van der Waals surface area contributed by atoms with Crippen LogP contribution in [0.4, 0.5) is 17.2 Å². The van der Waals surface area contributed by atoms with E-state index in [4.69, 9.17) is 17.3 Å². The molecule has 0 atom stereocenters. The van der Waals surface area contributed by atoms with Crippen LogP contribution in [-0.2, 0) is 0 Å². The normalized spacial score (nSPS) is 10.3. The summed E-state index contributed by atoms with van der Waals surface area (Å²) in [6.45, 7) is 1.94. The van der Waals surface area contributed by atoms with E-state index in [1.54, 1.807) is 6.20 Å². The van der Waals surface area contributed by atoms with E-state index in [-0.39, 0.29) is 0 Å². The van der Waals surface area contributed by atoms with Gasteiger partial charge in [-0.15, -0.1) is 0 Å². The fraction of sp³-hybridized carbons (Fsp3) is 0.0833. The minimum atomic E-state index is 0.645. The number of rotatable bonds is 2. The van der Waals surface area contributed by atoms with Crippen LogP contribution in [0.25, 0.3) is 0 Å². The highest BCUT2D eigenvalue weighted by Crippen LogP contribution is 2.29. The van der Waals surface area contributed by atoms with Crippen molar-refractivity contribution in [1.82, 2.24) is 4.98 Å². The Labute approximate surface area is 113 Å². The van der Waals surface area contributed by atoms with Gasteiger partial charge < -0.3 is 11.1 Å². The quantitative estimate of drug-likeness (QED) is 0.876. The summed E-state index contributed by atoms with van der Waals surface area (Å²) in [4.78, 5) is 4.23. The lowest BCUT2D eigenvalue weighted by molar-refractivity contribution is 1.26. The second kappa shape index (κ2) is 4.94. The van der Waals surface area contributed by atoms with E-state index in [1.807, 2.05) is 31.2 Å². The Morgan fingerprint density at radius 3 is 2.82 bits per heavy atom. The zero-order valence-electron chi connectivity index (χ0n) is 9.17. The van der Waals surface area contributed by atoms with Gasteiger partial charge in [-0.05, 0) is 36.8 Å². The number of anilines is 3. The lowest BCUT2D eigenvalue weighted by Crippen LogP contribution is -1.98. The predicted octanol–water partition coefficient (Wildman–Crippen LogP) is 4.13. The van der Waals surface area contributed by atoms with Crippen LogP contribution in [0.2, 0.25) is 5.02 Å². The molecule has 0 amide bonds. The summed E-state index contributed by atoms with van der Waals surface area (Å²) in [6.07, 6.45) is 1.61. The molecule has 2 aromatic rings. The zero-order valence-corrected chi connectivity index (χ0v) is 11.5. The molecule has 1 heterocycles. The summed E-state index contributed by atoms with van der Waals surface area (Å²) < 4.78 is 0.956. The van der Waals surface area contributed by atoms with Gasteiger partial charge in [0.25, 0.3) is 0 Å². The second-order valence-electron chi connectivity index (χ2n) is 3.68. The largest absolute Gasteiger partial charge is 0.397 e. The van der Waals surface area contributed by atoms with Crippen molar-refractivity contribution in [2.45, 2.75) is 6.92 Å². The summed E-state index contributed by atoms with van der Waals surface area (Å²) in [5.74, 6) is 0.749. The van der Waals surface area contributed by atoms with Crippen molar-refractivity contribution >= 4 is 44.7 Å². The van der Waals surface area contributed by atoms with E-state index in [0.29, 0.717) is 10.7 Å². The van der Waals surface area contributed by atoms with Crippen molar-refractivity contribution in [3.63, 3.8) is 0 Å². The van der Waals surface area contributed by atoms with Crippen LogP contribution in [0.5, 0.6) is 0 Å². The third kappa shape index (κ3) is 2.90. The second-order valence-corrected chi connectivity index (χ2v) is 5.01. The molecule has 3 N–H and O–H groups in total. The molecule has 0 radical (unpaired) electrons. The molecular formula is C12H11BrClN3. The van der Waals surface area contributed by atoms with E-state index >= 15 is 0 Å². The van der Waals surface area contributed by atoms with Crippen LogP contribution in [0.15, 0.2) is 34.9 Å². The average Bonchev–Trinajstić information content (AvgIpc) is 2.27. The minimum absolute atomic E-state index is 0.645. The minimum Gasteiger partial charge on any atom is -0.397 e. The Morgan fingerprint density at radius 1 is 1.35 bits per heavy atom. The van der Waals surface area contributed by atoms with E-state index in [0.717, 1.165) is 21.5 Å². The Morgan fingerprint density at radius 2 is 2.12 bits per heavy atom. The summed E-state index contributed by atoms with van der Waals surface area (Å²) in [5, 5.41) is 3.82. The topological polar surface area (TPSA) is 50.9 Å². The summed E-state index contributed by atoms with van der Waals surface area (Å²) >= 11 is 9.49. The molecule has 0 aliphatic carbocycles. The van der Waals surface area contributed by atoms with Crippen LogP contribution in [-0.4, -0.2) is 4.98 Å². The molecule has 2 rings (SSSR count). The van der Waals surface area contributed by atoms with Gasteiger partial charge in [0.15, 0.2) is 0 Å². The fourth-order valence-electron chi connectivity index (χ4n) is 1.45. The number of benzene rings is 1. The maximum Gasteiger partial charge on any atom is 0.133 e. The Kier molecular flexibility index (Phi) is 3.54. The molecule has 0 saturated heterocycles. The van der Waals surface area contributed by atoms with Crippen molar-refractivity contribution in [2.24, 2.45) is 0 Å². The average molecular weight is 313 g/mol. The first-order valence-electron chi connectivity index (χ1n) is 5.00. The molecule has 0 saturated carbocycles. The molecule has 3 nitrogen and oxygen atoms in total. The van der Waals surface area contributed by atoms with Gasteiger partial charge in [-0.1, -0.05) is 27.5 Å². The molecule has 0 spiro atoms. The molecule has 88 valence electrons. The highest BCUT2D eigenvalue weighted by Gasteiger charge is 2.05. The van der Waals surface area contributed by atoms with E-state index in [2.05, 4.69) is 26.2 Å². The Bertz CT molecular complexity index is 557. The molecule has 0 bridgehead atoms. The number of pyridine rings is 1. The van der Waals surface area contributed by atoms with E-state index in [1.165, 1.54) is 0 Å². The van der Waals surface area contributed by atoms with Crippen LogP contribution in [0.1, 0.15) is 5.56 Å². The maximum atomic E-state index is 6.09. The Balaban J connectivity index is 2.34. The molecule has 1 aromatic heterocycles. The van der Waals surface area contributed by atoms with Crippen LogP contribution >= 0.6 is 27.5 Å². The molecule has 0 aliphatic rings. The molecule has 0 fully saturated rings. The molecule has 17 heavy (non-hydrogen) atoms.